The van der Waals surface area contributed by atoms with Crippen LogP contribution in [0.4, 0.5) is 0 Å². The molecule has 0 radical (unpaired) electrons. The lowest BCUT2D eigenvalue weighted by atomic mass is 9.98. The van der Waals surface area contributed by atoms with Crippen LogP contribution < -0.4 is 5.32 Å². The van der Waals surface area contributed by atoms with Crippen LogP contribution in [-0.4, -0.2) is 30.4 Å². The van der Waals surface area contributed by atoms with Crippen LogP contribution in [0.5, 0.6) is 0 Å². The molecule has 2 aromatic rings. The Morgan fingerprint density at radius 1 is 1.19 bits per heavy atom. The van der Waals surface area contributed by atoms with Crippen molar-refractivity contribution in [1.29, 1.82) is 0 Å². The summed E-state index contributed by atoms with van der Waals surface area (Å²) in [7, 11) is 0. The Morgan fingerprint density at radius 3 is 2.76 bits per heavy atom. The van der Waals surface area contributed by atoms with Crippen molar-refractivity contribution in [2.45, 2.75) is 25.8 Å². The number of nitrogens with one attached hydrogen (secondary N) is 1. The van der Waals surface area contributed by atoms with Crippen LogP contribution in [0.3, 0.4) is 0 Å². The first-order valence-corrected chi connectivity index (χ1v) is 7.78. The Labute approximate surface area is 125 Å². The van der Waals surface area contributed by atoms with Gasteiger partial charge in [0.25, 0.3) is 0 Å². The standard InChI is InChI=1S/C18H22N2O/c1-2-19-17(13-20-12-6-11-18(20)21)16-10-5-8-14-7-3-4-9-15(14)16/h3-5,7-10,17,19H,2,6,11-13H2,1H3. The average molecular weight is 282 g/mol. The Morgan fingerprint density at radius 2 is 2.00 bits per heavy atom. The highest BCUT2D eigenvalue weighted by Crippen LogP contribution is 2.26. The molecule has 1 aliphatic heterocycles. The summed E-state index contributed by atoms with van der Waals surface area (Å²) in [5.41, 5.74) is 1.29. The molecule has 0 aliphatic carbocycles. The number of rotatable bonds is 5. The van der Waals surface area contributed by atoms with Gasteiger partial charge in [0.05, 0.1) is 6.04 Å². The van der Waals surface area contributed by atoms with Gasteiger partial charge in [-0.1, -0.05) is 49.4 Å². The molecule has 3 nitrogen and oxygen atoms in total. The third kappa shape index (κ3) is 2.93. The van der Waals surface area contributed by atoms with Crippen molar-refractivity contribution in [2.75, 3.05) is 19.6 Å². The maximum Gasteiger partial charge on any atom is 0.222 e. The van der Waals surface area contributed by atoms with E-state index in [1.165, 1.54) is 16.3 Å². The van der Waals surface area contributed by atoms with E-state index < -0.39 is 0 Å². The van der Waals surface area contributed by atoms with Crippen molar-refractivity contribution in [3.05, 3.63) is 48.0 Å². The fourth-order valence-corrected chi connectivity index (χ4v) is 3.19. The molecule has 0 bridgehead atoms. The molecular weight excluding hydrogens is 260 g/mol. The average Bonchev–Trinajstić information content (AvgIpc) is 2.91. The summed E-state index contributed by atoms with van der Waals surface area (Å²) < 4.78 is 0. The zero-order valence-corrected chi connectivity index (χ0v) is 12.5. The van der Waals surface area contributed by atoms with Crippen molar-refractivity contribution in [2.24, 2.45) is 0 Å². The van der Waals surface area contributed by atoms with Gasteiger partial charge in [0.15, 0.2) is 0 Å². The highest BCUT2D eigenvalue weighted by Gasteiger charge is 2.24. The molecule has 0 aromatic heterocycles. The van der Waals surface area contributed by atoms with Gasteiger partial charge >= 0.3 is 0 Å². The monoisotopic (exact) mass is 282 g/mol. The number of fused-ring (bicyclic) bond motifs is 1. The molecule has 0 spiro atoms. The van der Waals surface area contributed by atoms with Gasteiger partial charge < -0.3 is 10.2 Å². The zero-order valence-electron chi connectivity index (χ0n) is 12.5. The van der Waals surface area contributed by atoms with E-state index in [-0.39, 0.29) is 11.9 Å². The third-order valence-corrected chi connectivity index (χ3v) is 4.22. The van der Waals surface area contributed by atoms with E-state index in [9.17, 15) is 4.79 Å². The Balaban J connectivity index is 1.93. The lowest BCUT2D eigenvalue weighted by molar-refractivity contribution is -0.128. The number of likely N-dealkylation sites (N-methyl/N-ethyl adjacent to an activating group) is 1. The topological polar surface area (TPSA) is 32.3 Å². The predicted octanol–water partition coefficient (Wildman–Crippen LogP) is 3.11. The minimum absolute atomic E-state index is 0.197. The van der Waals surface area contributed by atoms with Gasteiger partial charge in [0.1, 0.15) is 0 Å². The lowest BCUT2D eigenvalue weighted by Gasteiger charge is -2.26. The van der Waals surface area contributed by atoms with Crippen molar-refractivity contribution >= 4 is 16.7 Å². The molecule has 1 unspecified atom stereocenters. The van der Waals surface area contributed by atoms with E-state index in [0.29, 0.717) is 6.42 Å². The van der Waals surface area contributed by atoms with Crippen molar-refractivity contribution in [3.63, 3.8) is 0 Å². The highest BCUT2D eigenvalue weighted by molar-refractivity contribution is 5.86. The fraction of sp³-hybridized carbons (Fsp3) is 0.389. The van der Waals surface area contributed by atoms with E-state index >= 15 is 0 Å². The van der Waals surface area contributed by atoms with Crippen LogP contribution in [0.15, 0.2) is 42.5 Å². The predicted molar refractivity (Wildman–Crippen MR) is 86.2 cm³/mol. The van der Waals surface area contributed by atoms with E-state index in [1.54, 1.807) is 0 Å². The number of amides is 1. The molecule has 1 saturated heterocycles. The van der Waals surface area contributed by atoms with E-state index in [4.69, 9.17) is 0 Å². The number of nitrogens with zero attached hydrogens (tertiary/aromatic N) is 1. The molecule has 0 saturated carbocycles. The summed E-state index contributed by atoms with van der Waals surface area (Å²) >= 11 is 0. The van der Waals surface area contributed by atoms with Gasteiger partial charge in [0, 0.05) is 19.5 Å². The van der Waals surface area contributed by atoms with Crippen LogP contribution in [-0.2, 0) is 4.79 Å². The first-order chi connectivity index (χ1) is 10.3. The molecule has 1 N–H and O–H groups in total. The van der Waals surface area contributed by atoms with Crippen LogP contribution in [0.2, 0.25) is 0 Å². The number of hydrogen-bond acceptors (Lipinski definition) is 2. The van der Waals surface area contributed by atoms with Gasteiger partial charge in [-0.3, -0.25) is 4.79 Å². The van der Waals surface area contributed by atoms with Crippen LogP contribution in [0, 0.1) is 0 Å². The third-order valence-electron chi connectivity index (χ3n) is 4.22. The molecule has 1 fully saturated rings. The summed E-state index contributed by atoms with van der Waals surface area (Å²) in [6.07, 6.45) is 1.70. The molecule has 1 amide bonds. The number of likely N-dealkylation sites (tertiary alicyclic amines) is 1. The molecule has 3 rings (SSSR count). The Bertz CT molecular complexity index is 633. The maximum absolute atomic E-state index is 11.9. The number of hydrogen-bond donors (Lipinski definition) is 1. The second-order valence-corrected chi connectivity index (χ2v) is 5.62. The van der Waals surface area contributed by atoms with Gasteiger partial charge in [-0.15, -0.1) is 0 Å². The smallest absolute Gasteiger partial charge is 0.222 e. The summed E-state index contributed by atoms with van der Waals surface area (Å²) in [6.45, 7) is 4.67. The normalized spacial score (nSPS) is 16.6. The van der Waals surface area contributed by atoms with Crippen molar-refractivity contribution < 1.29 is 4.79 Å². The second-order valence-electron chi connectivity index (χ2n) is 5.62. The second kappa shape index (κ2) is 6.27. The molecule has 110 valence electrons. The molecule has 21 heavy (non-hydrogen) atoms. The zero-order chi connectivity index (χ0) is 14.7. The van der Waals surface area contributed by atoms with E-state index in [1.807, 2.05) is 4.90 Å². The van der Waals surface area contributed by atoms with E-state index in [2.05, 4.69) is 54.7 Å². The van der Waals surface area contributed by atoms with E-state index in [0.717, 1.165) is 26.1 Å². The summed E-state index contributed by atoms with van der Waals surface area (Å²) in [4.78, 5) is 13.9. The molecule has 1 heterocycles. The minimum Gasteiger partial charge on any atom is -0.341 e. The lowest BCUT2D eigenvalue weighted by Crippen LogP contribution is -2.36. The van der Waals surface area contributed by atoms with Gasteiger partial charge in [-0.25, -0.2) is 0 Å². The summed E-state index contributed by atoms with van der Waals surface area (Å²) in [5.74, 6) is 0.290. The minimum atomic E-state index is 0.197. The molecule has 2 aromatic carbocycles. The quantitative estimate of drug-likeness (QED) is 0.914. The molecule has 3 heteroatoms. The molecule has 1 aliphatic rings. The van der Waals surface area contributed by atoms with Crippen molar-refractivity contribution in [3.8, 4) is 0 Å². The number of carbonyl (C=O) groups excluding carboxylic acids is 1. The Kier molecular flexibility index (Phi) is 4.20. The van der Waals surface area contributed by atoms with Gasteiger partial charge in [-0.2, -0.15) is 0 Å². The first-order valence-electron chi connectivity index (χ1n) is 7.78. The number of carbonyl (C=O) groups is 1. The van der Waals surface area contributed by atoms with Crippen LogP contribution in [0.1, 0.15) is 31.4 Å². The highest BCUT2D eigenvalue weighted by atomic mass is 16.2. The van der Waals surface area contributed by atoms with Crippen molar-refractivity contribution in [1.82, 2.24) is 10.2 Å². The SMILES string of the molecule is CCNC(CN1CCCC1=O)c1cccc2ccccc12. The largest absolute Gasteiger partial charge is 0.341 e. The first kappa shape index (κ1) is 14.1. The maximum atomic E-state index is 11.9. The fourth-order valence-electron chi connectivity index (χ4n) is 3.19. The van der Waals surface area contributed by atoms with Gasteiger partial charge in [-0.05, 0) is 29.3 Å². The summed E-state index contributed by atoms with van der Waals surface area (Å²) in [5, 5.41) is 6.08. The summed E-state index contributed by atoms with van der Waals surface area (Å²) in [6, 6.07) is 15.1. The van der Waals surface area contributed by atoms with Crippen LogP contribution >= 0.6 is 0 Å². The molecule has 1 atom stereocenters. The van der Waals surface area contributed by atoms with Crippen LogP contribution in [0.25, 0.3) is 10.8 Å². The number of benzene rings is 2. The molecular formula is C18H22N2O. The Hall–Kier alpha value is -1.87. The van der Waals surface area contributed by atoms with Gasteiger partial charge in [0.2, 0.25) is 5.91 Å².